The third-order valence-corrected chi connectivity index (χ3v) is 5.23. The molecule has 0 fully saturated rings. The van der Waals surface area contributed by atoms with Crippen molar-refractivity contribution < 1.29 is 0 Å². The van der Waals surface area contributed by atoms with Crippen LogP contribution in [0.4, 0.5) is 5.69 Å². The van der Waals surface area contributed by atoms with Crippen molar-refractivity contribution in [2.45, 2.75) is 11.8 Å². The topological polar surface area (TPSA) is 24.4 Å². The standard InChI is InChI=1S/C17H15BrN2S2/c1-2-22-14-9-5-8-13-16(14)17(20-15(21)10-19-13)11-6-3-4-7-12(11)18/h3-9,19H,2,10H2,1H3. The SMILES string of the molecule is CCSc1cccc2c1C(c1ccccc1Br)=NC(=S)CN2. The maximum Gasteiger partial charge on any atom is 0.123 e. The van der Waals surface area contributed by atoms with Crippen molar-refractivity contribution >= 4 is 56.3 Å². The van der Waals surface area contributed by atoms with Gasteiger partial charge in [0.2, 0.25) is 0 Å². The number of aliphatic imine (C=N–C) groups is 1. The number of nitrogens with zero attached hydrogens (tertiary/aromatic N) is 1. The third kappa shape index (κ3) is 3.12. The zero-order valence-corrected chi connectivity index (χ0v) is 15.3. The van der Waals surface area contributed by atoms with E-state index < -0.39 is 0 Å². The van der Waals surface area contributed by atoms with Crippen LogP contribution in [-0.4, -0.2) is 23.0 Å². The van der Waals surface area contributed by atoms with Gasteiger partial charge < -0.3 is 5.32 Å². The first-order chi connectivity index (χ1) is 10.7. The van der Waals surface area contributed by atoms with Gasteiger partial charge in [-0.05, 0) is 24.0 Å². The van der Waals surface area contributed by atoms with Gasteiger partial charge in [0, 0.05) is 26.2 Å². The lowest BCUT2D eigenvalue weighted by Crippen LogP contribution is -2.08. The quantitative estimate of drug-likeness (QED) is 0.578. The number of rotatable bonds is 3. The molecule has 0 aliphatic carbocycles. The number of benzodiazepines with no additional fused rings is 1. The van der Waals surface area contributed by atoms with Crippen LogP contribution in [0.2, 0.25) is 0 Å². The molecule has 0 radical (unpaired) electrons. The number of thioether (sulfide) groups is 1. The zero-order valence-electron chi connectivity index (χ0n) is 12.1. The Kier molecular flexibility index (Phi) is 4.96. The molecule has 1 aliphatic heterocycles. The van der Waals surface area contributed by atoms with Crippen LogP contribution >= 0.6 is 39.9 Å². The van der Waals surface area contributed by atoms with Gasteiger partial charge in [-0.15, -0.1) is 11.8 Å². The Labute approximate surface area is 148 Å². The van der Waals surface area contributed by atoms with Crippen LogP contribution in [0.25, 0.3) is 0 Å². The molecule has 3 rings (SSSR count). The van der Waals surface area contributed by atoms with Crippen LogP contribution in [0.15, 0.2) is 56.8 Å². The highest BCUT2D eigenvalue weighted by atomic mass is 79.9. The van der Waals surface area contributed by atoms with E-state index in [4.69, 9.17) is 17.2 Å². The minimum Gasteiger partial charge on any atom is -0.378 e. The molecule has 112 valence electrons. The minimum atomic E-state index is 0.594. The molecule has 1 heterocycles. The van der Waals surface area contributed by atoms with Crippen molar-refractivity contribution in [2.24, 2.45) is 4.99 Å². The molecule has 2 aromatic carbocycles. The summed E-state index contributed by atoms with van der Waals surface area (Å²) >= 11 is 10.9. The zero-order chi connectivity index (χ0) is 15.5. The third-order valence-electron chi connectivity index (χ3n) is 3.36. The van der Waals surface area contributed by atoms with E-state index in [1.54, 1.807) is 0 Å². The van der Waals surface area contributed by atoms with E-state index in [1.165, 1.54) is 4.90 Å². The van der Waals surface area contributed by atoms with Gasteiger partial charge in [0.1, 0.15) is 4.99 Å². The first-order valence-corrected chi connectivity index (χ1v) is 9.26. The molecule has 0 bridgehead atoms. The number of anilines is 1. The predicted octanol–water partition coefficient (Wildman–Crippen LogP) is 5.15. The van der Waals surface area contributed by atoms with E-state index in [0.717, 1.165) is 32.8 Å². The number of hydrogen-bond acceptors (Lipinski definition) is 3. The normalized spacial score (nSPS) is 13.9. The fraction of sp³-hybridized carbons (Fsp3) is 0.176. The Morgan fingerprint density at radius 1 is 1.23 bits per heavy atom. The second-order valence-electron chi connectivity index (χ2n) is 4.80. The molecule has 1 aliphatic rings. The fourth-order valence-corrected chi connectivity index (χ4v) is 3.91. The van der Waals surface area contributed by atoms with E-state index in [-0.39, 0.29) is 0 Å². The summed E-state index contributed by atoms with van der Waals surface area (Å²) in [6.45, 7) is 2.75. The van der Waals surface area contributed by atoms with Crippen molar-refractivity contribution in [1.29, 1.82) is 0 Å². The number of thiocarbonyl (C=S) groups is 1. The minimum absolute atomic E-state index is 0.594. The van der Waals surface area contributed by atoms with Crippen LogP contribution in [0.1, 0.15) is 18.1 Å². The largest absolute Gasteiger partial charge is 0.378 e. The molecule has 0 spiro atoms. The van der Waals surface area contributed by atoms with E-state index in [9.17, 15) is 0 Å². The first kappa shape index (κ1) is 15.7. The Balaban J connectivity index is 2.26. The van der Waals surface area contributed by atoms with Gasteiger partial charge in [-0.3, -0.25) is 0 Å². The highest BCUT2D eigenvalue weighted by Crippen LogP contribution is 2.34. The maximum atomic E-state index is 5.40. The van der Waals surface area contributed by atoms with E-state index >= 15 is 0 Å². The summed E-state index contributed by atoms with van der Waals surface area (Å²) in [4.78, 5) is 6.64. The van der Waals surface area contributed by atoms with Crippen LogP contribution in [0, 0.1) is 0 Å². The summed E-state index contributed by atoms with van der Waals surface area (Å²) in [7, 11) is 0. The smallest absolute Gasteiger partial charge is 0.123 e. The Morgan fingerprint density at radius 3 is 2.82 bits per heavy atom. The highest BCUT2D eigenvalue weighted by Gasteiger charge is 2.21. The van der Waals surface area contributed by atoms with Crippen molar-refractivity contribution in [3.05, 3.63) is 58.1 Å². The number of nitrogens with one attached hydrogen (secondary N) is 1. The molecule has 2 nitrogen and oxygen atoms in total. The molecule has 0 saturated carbocycles. The van der Waals surface area contributed by atoms with E-state index in [0.29, 0.717) is 11.5 Å². The first-order valence-electron chi connectivity index (χ1n) is 7.07. The summed E-state index contributed by atoms with van der Waals surface area (Å²) in [6.07, 6.45) is 0. The van der Waals surface area contributed by atoms with Gasteiger partial charge in [0.05, 0.1) is 12.3 Å². The van der Waals surface area contributed by atoms with E-state index in [1.807, 2.05) is 30.0 Å². The summed E-state index contributed by atoms with van der Waals surface area (Å²) in [5.74, 6) is 1.02. The van der Waals surface area contributed by atoms with Gasteiger partial charge in [0.25, 0.3) is 0 Å². The molecule has 1 N–H and O–H groups in total. The lowest BCUT2D eigenvalue weighted by molar-refractivity contribution is 1.35. The van der Waals surface area contributed by atoms with Gasteiger partial charge in [-0.25, -0.2) is 4.99 Å². The monoisotopic (exact) mass is 390 g/mol. The van der Waals surface area contributed by atoms with Crippen LogP contribution < -0.4 is 5.32 Å². The molecule has 0 amide bonds. The molecule has 2 aromatic rings. The lowest BCUT2D eigenvalue weighted by atomic mass is 10.0. The summed E-state index contributed by atoms with van der Waals surface area (Å²) in [5.41, 5.74) is 4.24. The number of fused-ring (bicyclic) bond motifs is 1. The second kappa shape index (κ2) is 6.94. The van der Waals surface area contributed by atoms with Crippen molar-refractivity contribution in [3.8, 4) is 0 Å². The molecule has 5 heteroatoms. The Bertz CT molecular complexity index is 756. The predicted molar refractivity (Wildman–Crippen MR) is 104 cm³/mol. The molecular weight excluding hydrogens is 376 g/mol. The van der Waals surface area contributed by atoms with Crippen molar-refractivity contribution in [1.82, 2.24) is 0 Å². The van der Waals surface area contributed by atoms with Gasteiger partial charge in [0.15, 0.2) is 0 Å². The van der Waals surface area contributed by atoms with Gasteiger partial charge >= 0.3 is 0 Å². The summed E-state index contributed by atoms with van der Waals surface area (Å²) in [5, 5.41) is 3.41. The van der Waals surface area contributed by atoms with Crippen molar-refractivity contribution in [2.75, 3.05) is 17.6 Å². The van der Waals surface area contributed by atoms with Crippen molar-refractivity contribution in [3.63, 3.8) is 0 Å². The highest BCUT2D eigenvalue weighted by molar-refractivity contribution is 9.10. The Morgan fingerprint density at radius 2 is 2.05 bits per heavy atom. The molecule has 0 saturated heterocycles. The molecule has 0 aromatic heterocycles. The fourth-order valence-electron chi connectivity index (χ4n) is 2.44. The number of halogens is 1. The summed E-state index contributed by atoms with van der Waals surface area (Å²) in [6, 6.07) is 14.5. The van der Waals surface area contributed by atoms with Crippen LogP contribution in [0.3, 0.4) is 0 Å². The summed E-state index contributed by atoms with van der Waals surface area (Å²) < 4.78 is 1.03. The lowest BCUT2D eigenvalue weighted by Gasteiger charge is -2.15. The maximum absolute atomic E-state index is 5.40. The van der Waals surface area contributed by atoms with Crippen LogP contribution in [0.5, 0.6) is 0 Å². The Hall–Kier alpha value is -1.17. The number of hydrogen-bond donors (Lipinski definition) is 1. The molecule has 22 heavy (non-hydrogen) atoms. The molecule has 0 unspecified atom stereocenters. The van der Waals surface area contributed by atoms with Crippen LogP contribution in [-0.2, 0) is 0 Å². The van der Waals surface area contributed by atoms with E-state index in [2.05, 4.69) is 52.4 Å². The molecular formula is C17H15BrN2S2. The second-order valence-corrected chi connectivity index (χ2v) is 7.43. The van der Waals surface area contributed by atoms with Gasteiger partial charge in [-0.2, -0.15) is 0 Å². The van der Waals surface area contributed by atoms with Gasteiger partial charge in [-0.1, -0.05) is 59.3 Å². The molecule has 0 atom stereocenters. The average molecular weight is 391 g/mol. The number of benzene rings is 2. The average Bonchev–Trinajstić information content (AvgIpc) is 2.68.